The molecule has 5 rings (SSSR count). The van der Waals surface area contributed by atoms with Crippen LogP contribution in [0.2, 0.25) is 0 Å². The third-order valence-electron chi connectivity index (χ3n) is 5.38. The maximum Gasteiger partial charge on any atom is 0.268 e. The number of nitrogen functional groups attached to an aromatic ring is 1. The Bertz CT molecular complexity index is 1260. The van der Waals surface area contributed by atoms with Gasteiger partial charge in [0, 0.05) is 23.9 Å². The topological polar surface area (TPSA) is 80.5 Å². The summed E-state index contributed by atoms with van der Waals surface area (Å²) in [5.41, 5.74) is 10.7. The fraction of sp³-hybridized carbons (Fsp3) is 0.217. The number of hydrogen-bond donors (Lipinski definition) is 2. The number of rotatable bonds is 3. The number of nitrogens with two attached hydrogens (primary N) is 1. The highest BCUT2D eigenvalue weighted by molar-refractivity contribution is 7.21. The van der Waals surface area contributed by atoms with Gasteiger partial charge in [-0.3, -0.25) is 4.79 Å². The van der Waals surface area contributed by atoms with Crippen molar-refractivity contribution in [2.75, 3.05) is 42.3 Å². The molecule has 0 bridgehead atoms. The average molecular weight is 419 g/mol. The highest BCUT2D eigenvalue weighted by atomic mass is 32.1. The van der Waals surface area contributed by atoms with Crippen LogP contribution in [0.4, 0.5) is 17.1 Å². The fourth-order valence-electron chi connectivity index (χ4n) is 3.81. The van der Waals surface area contributed by atoms with Crippen LogP contribution in [0.3, 0.4) is 0 Å². The molecule has 0 radical (unpaired) electrons. The summed E-state index contributed by atoms with van der Waals surface area (Å²) in [5.74, 6) is -0.212. The third kappa shape index (κ3) is 3.36. The molecule has 2 aromatic heterocycles. The zero-order valence-electron chi connectivity index (χ0n) is 16.6. The first-order chi connectivity index (χ1) is 14.6. The summed E-state index contributed by atoms with van der Waals surface area (Å²) in [4.78, 5) is 21.4. The lowest BCUT2D eigenvalue weighted by Gasteiger charge is -2.30. The first-order valence-electron chi connectivity index (χ1n) is 9.92. The van der Waals surface area contributed by atoms with E-state index in [4.69, 9.17) is 15.5 Å². The van der Waals surface area contributed by atoms with Gasteiger partial charge in [0.05, 0.1) is 35.8 Å². The van der Waals surface area contributed by atoms with Crippen LogP contribution in [-0.4, -0.2) is 37.2 Å². The summed E-state index contributed by atoms with van der Waals surface area (Å²) in [5, 5.41) is 4.90. The van der Waals surface area contributed by atoms with E-state index in [1.807, 2.05) is 49.4 Å². The SMILES string of the molecule is Cc1ccc2cc3c(N)c(C(=O)Nc4ccccc4N4CCOCC4)sc3nc2c1. The maximum absolute atomic E-state index is 13.1. The monoisotopic (exact) mass is 418 g/mol. The van der Waals surface area contributed by atoms with Crippen molar-refractivity contribution in [2.24, 2.45) is 0 Å². The van der Waals surface area contributed by atoms with Crippen LogP contribution in [0.25, 0.3) is 21.1 Å². The molecule has 30 heavy (non-hydrogen) atoms. The molecule has 1 aliphatic heterocycles. The summed E-state index contributed by atoms with van der Waals surface area (Å²) in [6, 6.07) is 16.0. The van der Waals surface area contributed by atoms with Crippen molar-refractivity contribution in [2.45, 2.75) is 6.92 Å². The van der Waals surface area contributed by atoms with Crippen LogP contribution in [0, 0.1) is 6.92 Å². The Labute approximate surface area is 178 Å². The van der Waals surface area contributed by atoms with E-state index < -0.39 is 0 Å². The van der Waals surface area contributed by atoms with Gasteiger partial charge in [-0.15, -0.1) is 11.3 Å². The number of thiophene rings is 1. The normalized spacial score (nSPS) is 14.4. The van der Waals surface area contributed by atoms with Gasteiger partial charge in [-0.2, -0.15) is 0 Å². The molecular formula is C23H22N4O2S. The molecule has 1 aliphatic rings. The van der Waals surface area contributed by atoms with Gasteiger partial charge in [0.2, 0.25) is 0 Å². The molecule has 0 aliphatic carbocycles. The van der Waals surface area contributed by atoms with Gasteiger partial charge in [-0.25, -0.2) is 4.98 Å². The van der Waals surface area contributed by atoms with Crippen LogP contribution in [0.15, 0.2) is 48.5 Å². The Morgan fingerprint density at radius 2 is 1.97 bits per heavy atom. The molecule has 1 saturated heterocycles. The number of nitrogens with zero attached hydrogens (tertiary/aromatic N) is 2. The number of ether oxygens (including phenoxy) is 1. The van der Waals surface area contributed by atoms with Gasteiger partial charge in [0.15, 0.2) is 0 Å². The highest BCUT2D eigenvalue weighted by Gasteiger charge is 2.21. The predicted molar refractivity (Wildman–Crippen MR) is 124 cm³/mol. The molecule has 1 fully saturated rings. The number of para-hydroxylation sites is 2. The molecule has 3 heterocycles. The molecular weight excluding hydrogens is 396 g/mol. The fourth-order valence-corrected chi connectivity index (χ4v) is 4.79. The van der Waals surface area contributed by atoms with Crippen LogP contribution in [0.1, 0.15) is 15.2 Å². The zero-order chi connectivity index (χ0) is 20.7. The minimum Gasteiger partial charge on any atom is -0.397 e. The molecule has 2 aromatic carbocycles. The van der Waals surface area contributed by atoms with Crippen molar-refractivity contribution in [3.8, 4) is 0 Å². The lowest BCUT2D eigenvalue weighted by Crippen LogP contribution is -2.36. The largest absolute Gasteiger partial charge is 0.397 e. The Morgan fingerprint density at radius 1 is 1.17 bits per heavy atom. The number of fused-ring (bicyclic) bond motifs is 2. The Morgan fingerprint density at radius 3 is 2.80 bits per heavy atom. The number of aryl methyl sites for hydroxylation is 1. The average Bonchev–Trinajstić information content (AvgIpc) is 3.09. The minimum atomic E-state index is -0.212. The molecule has 4 aromatic rings. The molecule has 0 unspecified atom stereocenters. The lowest BCUT2D eigenvalue weighted by atomic mass is 10.1. The number of hydrogen-bond acceptors (Lipinski definition) is 6. The summed E-state index contributed by atoms with van der Waals surface area (Å²) >= 11 is 1.33. The van der Waals surface area contributed by atoms with E-state index in [9.17, 15) is 4.79 Å². The Balaban J connectivity index is 1.50. The zero-order valence-corrected chi connectivity index (χ0v) is 17.5. The van der Waals surface area contributed by atoms with Crippen LogP contribution in [-0.2, 0) is 4.74 Å². The number of nitrogens with one attached hydrogen (secondary N) is 1. The smallest absolute Gasteiger partial charge is 0.268 e. The lowest BCUT2D eigenvalue weighted by molar-refractivity contribution is 0.103. The van der Waals surface area contributed by atoms with Crippen molar-refractivity contribution >= 4 is 55.4 Å². The molecule has 3 N–H and O–H groups in total. The van der Waals surface area contributed by atoms with Crippen LogP contribution in [0.5, 0.6) is 0 Å². The van der Waals surface area contributed by atoms with E-state index in [1.165, 1.54) is 11.3 Å². The Kier molecular flexibility index (Phi) is 4.77. The number of pyridine rings is 1. The molecule has 0 spiro atoms. The minimum absolute atomic E-state index is 0.212. The van der Waals surface area contributed by atoms with Gasteiger partial charge in [-0.05, 0) is 36.8 Å². The van der Waals surface area contributed by atoms with Crippen molar-refractivity contribution < 1.29 is 9.53 Å². The highest BCUT2D eigenvalue weighted by Crippen LogP contribution is 2.36. The second-order valence-electron chi connectivity index (χ2n) is 7.45. The van der Waals surface area contributed by atoms with Gasteiger partial charge in [0.1, 0.15) is 9.71 Å². The predicted octanol–water partition coefficient (Wildman–Crippen LogP) is 4.43. The van der Waals surface area contributed by atoms with Crippen LogP contribution < -0.4 is 16.0 Å². The van der Waals surface area contributed by atoms with Crippen molar-refractivity contribution in [1.82, 2.24) is 4.98 Å². The van der Waals surface area contributed by atoms with E-state index in [1.54, 1.807) is 0 Å². The number of anilines is 3. The van der Waals surface area contributed by atoms with E-state index in [2.05, 4.69) is 16.3 Å². The first-order valence-corrected chi connectivity index (χ1v) is 10.7. The Hall–Kier alpha value is -3.16. The standard InChI is InChI=1S/C23H22N4O2S/c1-14-6-7-15-13-16-20(24)21(30-23(16)26-18(15)12-14)22(28)25-17-4-2-3-5-19(17)27-8-10-29-11-9-27/h2-7,12-13H,8-11,24H2,1H3,(H,25,28). The number of carbonyl (C=O) groups is 1. The molecule has 0 saturated carbocycles. The van der Waals surface area contributed by atoms with E-state index >= 15 is 0 Å². The molecule has 0 atom stereocenters. The number of benzene rings is 2. The van der Waals surface area contributed by atoms with Gasteiger partial charge >= 0.3 is 0 Å². The summed E-state index contributed by atoms with van der Waals surface area (Å²) in [6.45, 7) is 5.01. The summed E-state index contributed by atoms with van der Waals surface area (Å²) in [6.07, 6.45) is 0. The van der Waals surface area contributed by atoms with Gasteiger partial charge in [0.25, 0.3) is 5.91 Å². The molecule has 1 amide bonds. The van der Waals surface area contributed by atoms with E-state index in [0.29, 0.717) is 23.8 Å². The number of amides is 1. The number of aromatic nitrogens is 1. The second-order valence-corrected chi connectivity index (χ2v) is 8.45. The molecule has 7 heteroatoms. The maximum atomic E-state index is 13.1. The van der Waals surface area contributed by atoms with Gasteiger partial charge < -0.3 is 20.7 Å². The number of carbonyl (C=O) groups excluding carboxylic acids is 1. The second kappa shape index (κ2) is 7.59. The quantitative estimate of drug-likeness (QED) is 0.514. The van der Waals surface area contributed by atoms with Gasteiger partial charge in [-0.1, -0.05) is 24.3 Å². The first kappa shape index (κ1) is 18.8. The third-order valence-corrected chi connectivity index (χ3v) is 6.50. The van der Waals surface area contributed by atoms with Crippen molar-refractivity contribution in [3.63, 3.8) is 0 Å². The van der Waals surface area contributed by atoms with Crippen molar-refractivity contribution in [1.29, 1.82) is 0 Å². The van der Waals surface area contributed by atoms with Crippen molar-refractivity contribution in [3.05, 3.63) is 59.0 Å². The molecule has 152 valence electrons. The molecule has 6 nitrogen and oxygen atoms in total. The van der Waals surface area contributed by atoms with E-state index in [0.717, 1.165) is 51.1 Å². The number of morpholine rings is 1. The summed E-state index contributed by atoms with van der Waals surface area (Å²) < 4.78 is 5.45. The summed E-state index contributed by atoms with van der Waals surface area (Å²) in [7, 11) is 0. The van der Waals surface area contributed by atoms with E-state index in [-0.39, 0.29) is 5.91 Å². The van der Waals surface area contributed by atoms with Crippen LogP contribution >= 0.6 is 11.3 Å².